The Morgan fingerprint density at radius 3 is 3.00 bits per heavy atom. The smallest absolute Gasteiger partial charge is 0.175 e. The molecule has 2 heterocycles. The molecule has 0 radical (unpaired) electrons. The molecule has 1 atom stereocenters. The molecule has 1 N–H and O–H groups in total. The molecular weight excluding hydrogens is 184 g/mol. The molecule has 0 saturated carbocycles. The van der Waals surface area contributed by atoms with Crippen molar-refractivity contribution in [3.05, 3.63) is 5.82 Å². The van der Waals surface area contributed by atoms with E-state index in [0.717, 1.165) is 6.42 Å². The van der Waals surface area contributed by atoms with Gasteiger partial charge in [0.25, 0.3) is 0 Å². The van der Waals surface area contributed by atoms with Gasteiger partial charge in [0.15, 0.2) is 5.82 Å². The van der Waals surface area contributed by atoms with Crippen LogP contribution in [0.2, 0.25) is 0 Å². The molecule has 1 aliphatic heterocycles. The Morgan fingerprint density at radius 2 is 2.50 bits per heavy atom. The van der Waals surface area contributed by atoms with Crippen molar-refractivity contribution in [1.82, 2.24) is 20.2 Å². The van der Waals surface area contributed by atoms with Crippen LogP contribution in [0.5, 0.6) is 0 Å². The predicted molar refractivity (Wildman–Crippen MR) is 47.5 cm³/mol. The fourth-order valence-electron chi connectivity index (χ4n) is 1.70. The van der Waals surface area contributed by atoms with Crippen LogP contribution in [0.3, 0.4) is 0 Å². The molecule has 1 aromatic rings. The molecule has 1 unspecified atom stereocenters. The zero-order chi connectivity index (χ0) is 10.0. The summed E-state index contributed by atoms with van der Waals surface area (Å²) >= 11 is 0. The van der Waals surface area contributed by atoms with Crippen molar-refractivity contribution in [3.8, 4) is 0 Å². The van der Waals surface area contributed by atoms with Gasteiger partial charge in [-0.05, 0) is 11.6 Å². The van der Waals surface area contributed by atoms with Gasteiger partial charge in [-0.3, -0.25) is 0 Å². The Labute approximate surface area is 81.9 Å². The average molecular weight is 198 g/mol. The number of rotatable bonds is 3. The van der Waals surface area contributed by atoms with Gasteiger partial charge in [0.05, 0.1) is 20.3 Å². The molecule has 0 amide bonds. The first kappa shape index (κ1) is 9.54. The summed E-state index contributed by atoms with van der Waals surface area (Å²) < 4.78 is 5.29. The highest BCUT2D eigenvalue weighted by Crippen LogP contribution is 2.30. The molecule has 6 heteroatoms. The Bertz CT molecular complexity index is 306. The maximum atomic E-state index is 9.32. The quantitative estimate of drug-likeness (QED) is 0.685. The number of nitrogens with zero attached hydrogens (tertiary/aromatic N) is 4. The second kappa shape index (κ2) is 3.62. The first-order chi connectivity index (χ1) is 6.74. The van der Waals surface area contributed by atoms with Crippen molar-refractivity contribution < 1.29 is 9.84 Å². The van der Waals surface area contributed by atoms with E-state index >= 15 is 0 Å². The third kappa shape index (κ3) is 1.76. The second-order valence-electron chi connectivity index (χ2n) is 3.83. The van der Waals surface area contributed by atoms with Crippen LogP contribution in [0.15, 0.2) is 0 Å². The molecular formula is C8H14N4O2. The van der Waals surface area contributed by atoms with Crippen LogP contribution in [0.25, 0.3) is 0 Å². The van der Waals surface area contributed by atoms with Gasteiger partial charge < -0.3 is 9.84 Å². The molecule has 0 aliphatic carbocycles. The molecule has 1 aromatic heterocycles. The predicted octanol–water partition coefficient (Wildman–Crippen LogP) is -0.848. The summed E-state index contributed by atoms with van der Waals surface area (Å²) in [6.07, 6.45) is 1.50. The molecule has 1 saturated heterocycles. The zero-order valence-electron chi connectivity index (χ0n) is 8.18. The monoisotopic (exact) mass is 198 g/mol. The van der Waals surface area contributed by atoms with Crippen molar-refractivity contribution in [2.24, 2.45) is 12.5 Å². The van der Waals surface area contributed by atoms with Gasteiger partial charge in [0.1, 0.15) is 0 Å². The minimum Gasteiger partial charge on any atom is -0.396 e. The summed E-state index contributed by atoms with van der Waals surface area (Å²) in [4.78, 5) is 1.43. The number of hydrogen-bond donors (Lipinski definition) is 1. The number of hydrogen-bond acceptors (Lipinski definition) is 5. The van der Waals surface area contributed by atoms with E-state index in [0.29, 0.717) is 25.5 Å². The maximum Gasteiger partial charge on any atom is 0.175 e. The minimum absolute atomic E-state index is 0.116. The summed E-state index contributed by atoms with van der Waals surface area (Å²) in [5.41, 5.74) is -0.191. The Morgan fingerprint density at radius 1 is 1.64 bits per heavy atom. The van der Waals surface area contributed by atoms with E-state index in [2.05, 4.69) is 15.4 Å². The lowest BCUT2D eigenvalue weighted by Gasteiger charge is -2.22. The van der Waals surface area contributed by atoms with E-state index in [1.165, 1.54) is 4.80 Å². The van der Waals surface area contributed by atoms with E-state index in [9.17, 15) is 5.11 Å². The van der Waals surface area contributed by atoms with Gasteiger partial charge in [-0.15, -0.1) is 10.2 Å². The molecule has 78 valence electrons. The van der Waals surface area contributed by atoms with Gasteiger partial charge in [0, 0.05) is 18.4 Å². The summed E-state index contributed by atoms with van der Waals surface area (Å²) in [5.74, 6) is 0.673. The van der Waals surface area contributed by atoms with E-state index in [4.69, 9.17) is 4.74 Å². The second-order valence-corrected chi connectivity index (χ2v) is 3.83. The summed E-state index contributed by atoms with van der Waals surface area (Å²) in [6.45, 7) is 1.41. The normalized spacial score (nSPS) is 27.0. The fourth-order valence-corrected chi connectivity index (χ4v) is 1.70. The highest BCUT2D eigenvalue weighted by atomic mass is 16.5. The number of tetrazole rings is 1. The first-order valence-electron chi connectivity index (χ1n) is 4.66. The molecule has 1 aliphatic rings. The van der Waals surface area contributed by atoms with Gasteiger partial charge in [-0.25, -0.2) is 0 Å². The molecule has 1 fully saturated rings. The Hall–Kier alpha value is -1.01. The topological polar surface area (TPSA) is 73.1 Å². The minimum atomic E-state index is -0.191. The van der Waals surface area contributed by atoms with Gasteiger partial charge in [-0.1, -0.05) is 0 Å². The van der Waals surface area contributed by atoms with Crippen LogP contribution in [0.1, 0.15) is 12.2 Å². The third-order valence-electron chi connectivity index (χ3n) is 2.60. The van der Waals surface area contributed by atoms with Gasteiger partial charge in [-0.2, -0.15) is 4.80 Å². The van der Waals surface area contributed by atoms with Crippen molar-refractivity contribution in [3.63, 3.8) is 0 Å². The first-order valence-corrected chi connectivity index (χ1v) is 4.66. The van der Waals surface area contributed by atoms with Crippen molar-refractivity contribution >= 4 is 0 Å². The Balaban J connectivity index is 2.08. The number of aromatic nitrogens is 4. The molecule has 6 nitrogen and oxygen atoms in total. The number of aliphatic hydroxyl groups excluding tert-OH is 1. The lowest BCUT2D eigenvalue weighted by Crippen LogP contribution is -2.29. The van der Waals surface area contributed by atoms with Gasteiger partial charge in [0.2, 0.25) is 0 Å². The highest BCUT2D eigenvalue weighted by Gasteiger charge is 2.35. The number of aryl methyl sites for hydroxylation is 1. The molecule has 0 bridgehead atoms. The van der Waals surface area contributed by atoms with Crippen LogP contribution < -0.4 is 0 Å². The van der Waals surface area contributed by atoms with Crippen LogP contribution in [-0.2, 0) is 18.2 Å². The largest absolute Gasteiger partial charge is 0.396 e. The number of ether oxygens (including phenoxy) is 1. The summed E-state index contributed by atoms with van der Waals surface area (Å²) in [5, 5.41) is 21.1. The molecule has 2 rings (SSSR count). The molecule has 0 spiro atoms. The number of aliphatic hydroxyl groups is 1. The van der Waals surface area contributed by atoms with Crippen LogP contribution in [0, 0.1) is 5.41 Å². The summed E-state index contributed by atoms with van der Waals surface area (Å²) in [7, 11) is 1.73. The van der Waals surface area contributed by atoms with Crippen LogP contribution in [-0.4, -0.2) is 45.1 Å². The fraction of sp³-hybridized carbons (Fsp3) is 0.875. The van der Waals surface area contributed by atoms with Crippen molar-refractivity contribution in [2.45, 2.75) is 12.8 Å². The SMILES string of the molecule is Cn1nnc(CC2(CO)CCOC2)n1. The molecule has 14 heavy (non-hydrogen) atoms. The van der Waals surface area contributed by atoms with E-state index in [1.54, 1.807) is 7.05 Å². The van der Waals surface area contributed by atoms with E-state index in [-0.39, 0.29) is 12.0 Å². The maximum absolute atomic E-state index is 9.32. The lowest BCUT2D eigenvalue weighted by molar-refractivity contribution is 0.0919. The van der Waals surface area contributed by atoms with E-state index in [1.807, 2.05) is 0 Å². The highest BCUT2D eigenvalue weighted by molar-refractivity contribution is 4.92. The standard InChI is InChI=1S/C8H14N4O2/c1-12-10-7(9-11-12)4-8(5-13)2-3-14-6-8/h13H,2-6H2,1H3. The van der Waals surface area contributed by atoms with E-state index < -0.39 is 0 Å². The third-order valence-corrected chi connectivity index (χ3v) is 2.60. The lowest BCUT2D eigenvalue weighted by atomic mass is 9.84. The van der Waals surface area contributed by atoms with Crippen LogP contribution in [0.4, 0.5) is 0 Å². The molecule has 0 aromatic carbocycles. The van der Waals surface area contributed by atoms with Crippen molar-refractivity contribution in [1.29, 1.82) is 0 Å². The van der Waals surface area contributed by atoms with Crippen LogP contribution >= 0.6 is 0 Å². The summed E-state index contributed by atoms with van der Waals surface area (Å²) in [6, 6.07) is 0. The van der Waals surface area contributed by atoms with Gasteiger partial charge >= 0.3 is 0 Å². The Kier molecular flexibility index (Phi) is 2.47. The zero-order valence-corrected chi connectivity index (χ0v) is 8.18. The van der Waals surface area contributed by atoms with Crippen molar-refractivity contribution in [2.75, 3.05) is 19.8 Å². The average Bonchev–Trinajstić information content (AvgIpc) is 2.77.